The Bertz CT molecular complexity index is 488. The Morgan fingerprint density at radius 3 is 2.47 bits per heavy atom. The Morgan fingerprint density at radius 1 is 0.941 bits per heavy atom. The first kappa shape index (κ1) is 11.7. The summed E-state index contributed by atoms with van der Waals surface area (Å²) >= 11 is 0. The lowest BCUT2D eigenvalue weighted by Crippen LogP contribution is -1.96. The Balaban J connectivity index is 2.02. The van der Waals surface area contributed by atoms with Crippen molar-refractivity contribution in [3.63, 3.8) is 0 Å². The zero-order valence-electron chi connectivity index (χ0n) is 10.4. The van der Waals surface area contributed by atoms with Gasteiger partial charge in [-0.05, 0) is 36.6 Å². The SMILES string of the molecule is CCc1cccc(OCc2cccc(C)c2)c1. The van der Waals surface area contributed by atoms with Crippen LogP contribution >= 0.6 is 0 Å². The third-order valence-electron chi connectivity index (χ3n) is 2.79. The first-order chi connectivity index (χ1) is 8.28. The van der Waals surface area contributed by atoms with Crippen LogP contribution in [0.1, 0.15) is 23.6 Å². The van der Waals surface area contributed by atoms with Crippen LogP contribution in [0.5, 0.6) is 5.75 Å². The Hall–Kier alpha value is -1.76. The summed E-state index contributed by atoms with van der Waals surface area (Å²) < 4.78 is 5.79. The zero-order chi connectivity index (χ0) is 12.1. The first-order valence-corrected chi connectivity index (χ1v) is 6.05. The molecule has 0 aliphatic rings. The molecular formula is C16H18O. The minimum Gasteiger partial charge on any atom is -0.489 e. The van der Waals surface area contributed by atoms with Gasteiger partial charge in [-0.2, -0.15) is 0 Å². The van der Waals surface area contributed by atoms with E-state index in [9.17, 15) is 0 Å². The van der Waals surface area contributed by atoms with Crippen LogP contribution in [0.2, 0.25) is 0 Å². The summed E-state index contributed by atoms with van der Waals surface area (Å²) in [5.74, 6) is 0.950. The van der Waals surface area contributed by atoms with Crippen LogP contribution in [0.25, 0.3) is 0 Å². The average Bonchev–Trinajstić information content (AvgIpc) is 2.37. The van der Waals surface area contributed by atoms with Gasteiger partial charge in [0.05, 0.1) is 0 Å². The molecule has 0 fully saturated rings. The summed E-state index contributed by atoms with van der Waals surface area (Å²) in [6.45, 7) is 4.88. The molecule has 2 rings (SSSR count). The van der Waals surface area contributed by atoms with Crippen LogP contribution in [-0.4, -0.2) is 0 Å². The molecule has 2 aromatic carbocycles. The van der Waals surface area contributed by atoms with Crippen LogP contribution in [-0.2, 0) is 13.0 Å². The molecule has 0 bridgehead atoms. The Labute approximate surface area is 103 Å². The van der Waals surface area contributed by atoms with Crippen molar-refractivity contribution in [1.82, 2.24) is 0 Å². The number of rotatable bonds is 4. The fraction of sp³-hybridized carbons (Fsp3) is 0.250. The Kier molecular flexibility index (Phi) is 3.81. The molecule has 0 atom stereocenters. The van der Waals surface area contributed by atoms with Gasteiger partial charge in [0, 0.05) is 0 Å². The fourth-order valence-electron chi connectivity index (χ4n) is 1.82. The minimum atomic E-state index is 0.634. The van der Waals surface area contributed by atoms with Gasteiger partial charge in [0.1, 0.15) is 12.4 Å². The van der Waals surface area contributed by atoms with E-state index in [0.717, 1.165) is 12.2 Å². The number of hydrogen-bond donors (Lipinski definition) is 0. The molecule has 0 aromatic heterocycles. The van der Waals surface area contributed by atoms with E-state index in [0.29, 0.717) is 6.61 Å². The smallest absolute Gasteiger partial charge is 0.120 e. The van der Waals surface area contributed by atoms with Crippen molar-refractivity contribution in [2.45, 2.75) is 26.9 Å². The van der Waals surface area contributed by atoms with E-state index in [-0.39, 0.29) is 0 Å². The van der Waals surface area contributed by atoms with Crippen LogP contribution < -0.4 is 4.74 Å². The van der Waals surface area contributed by atoms with Gasteiger partial charge in [-0.15, -0.1) is 0 Å². The number of ether oxygens (including phenoxy) is 1. The van der Waals surface area contributed by atoms with Gasteiger partial charge in [-0.3, -0.25) is 0 Å². The molecule has 0 N–H and O–H groups in total. The molecule has 0 amide bonds. The summed E-state index contributed by atoms with van der Waals surface area (Å²) in [6.07, 6.45) is 1.04. The molecule has 1 nitrogen and oxygen atoms in total. The van der Waals surface area contributed by atoms with E-state index in [2.05, 4.69) is 50.2 Å². The molecule has 0 unspecified atom stereocenters. The summed E-state index contributed by atoms with van der Waals surface area (Å²) in [6, 6.07) is 16.7. The van der Waals surface area contributed by atoms with E-state index < -0.39 is 0 Å². The van der Waals surface area contributed by atoms with Gasteiger partial charge in [0.25, 0.3) is 0 Å². The number of aryl methyl sites for hydroxylation is 2. The summed E-state index contributed by atoms with van der Waals surface area (Å²) in [5, 5.41) is 0. The van der Waals surface area contributed by atoms with Crippen molar-refractivity contribution in [3.8, 4) is 5.75 Å². The summed E-state index contributed by atoms with van der Waals surface area (Å²) in [5.41, 5.74) is 3.80. The normalized spacial score (nSPS) is 10.2. The quantitative estimate of drug-likeness (QED) is 0.761. The predicted octanol–water partition coefficient (Wildman–Crippen LogP) is 4.14. The van der Waals surface area contributed by atoms with Gasteiger partial charge >= 0.3 is 0 Å². The summed E-state index contributed by atoms with van der Waals surface area (Å²) in [7, 11) is 0. The lowest BCUT2D eigenvalue weighted by molar-refractivity contribution is 0.306. The molecule has 0 saturated carbocycles. The van der Waals surface area contributed by atoms with Crippen molar-refractivity contribution >= 4 is 0 Å². The van der Waals surface area contributed by atoms with E-state index in [1.165, 1.54) is 16.7 Å². The van der Waals surface area contributed by atoms with Crippen molar-refractivity contribution in [1.29, 1.82) is 0 Å². The number of benzene rings is 2. The first-order valence-electron chi connectivity index (χ1n) is 6.05. The van der Waals surface area contributed by atoms with Gasteiger partial charge < -0.3 is 4.74 Å². The van der Waals surface area contributed by atoms with Crippen LogP contribution in [0, 0.1) is 6.92 Å². The molecule has 88 valence electrons. The highest BCUT2D eigenvalue weighted by molar-refractivity contribution is 5.29. The maximum absolute atomic E-state index is 5.79. The molecule has 1 heteroatoms. The maximum atomic E-state index is 5.79. The van der Waals surface area contributed by atoms with E-state index in [1.54, 1.807) is 0 Å². The van der Waals surface area contributed by atoms with Crippen molar-refractivity contribution in [2.75, 3.05) is 0 Å². The lowest BCUT2D eigenvalue weighted by Gasteiger charge is -2.08. The zero-order valence-corrected chi connectivity index (χ0v) is 10.4. The molecule has 0 aliphatic carbocycles. The van der Waals surface area contributed by atoms with Gasteiger partial charge in [0.15, 0.2) is 0 Å². The van der Waals surface area contributed by atoms with E-state index in [1.807, 2.05) is 12.1 Å². The van der Waals surface area contributed by atoms with Crippen molar-refractivity contribution < 1.29 is 4.74 Å². The second-order valence-corrected chi connectivity index (χ2v) is 4.28. The topological polar surface area (TPSA) is 9.23 Å². The monoisotopic (exact) mass is 226 g/mol. The Morgan fingerprint density at radius 2 is 1.71 bits per heavy atom. The molecule has 17 heavy (non-hydrogen) atoms. The highest BCUT2D eigenvalue weighted by atomic mass is 16.5. The third kappa shape index (κ3) is 3.35. The molecule has 2 aromatic rings. The standard InChI is InChI=1S/C16H18O/c1-3-14-7-5-9-16(11-14)17-12-15-8-4-6-13(2)10-15/h4-11H,3,12H2,1-2H3. The maximum Gasteiger partial charge on any atom is 0.120 e. The molecule has 0 spiro atoms. The van der Waals surface area contributed by atoms with Crippen LogP contribution in [0.15, 0.2) is 48.5 Å². The van der Waals surface area contributed by atoms with Gasteiger partial charge in [-0.25, -0.2) is 0 Å². The molecular weight excluding hydrogens is 208 g/mol. The molecule has 0 radical (unpaired) electrons. The molecule has 0 saturated heterocycles. The fourth-order valence-corrected chi connectivity index (χ4v) is 1.82. The van der Waals surface area contributed by atoms with Crippen LogP contribution in [0.3, 0.4) is 0 Å². The van der Waals surface area contributed by atoms with E-state index in [4.69, 9.17) is 4.74 Å². The van der Waals surface area contributed by atoms with Crippen molar-refractivity contribution in [2.24, 2.45) is 0 Å². The largest absolute Gasteiger partial charge is 0.489 e. The summed E-state index contributed by atoms with van der Waals surface area (Å²) in [4.78, 5) is 0. The predicted molar refractivity (Wildman–Crippen MR) is 71.3 cm³/mol. The second-order valence-electron chi connectivity index (χ2n) is 4.28. The number of hydrogen-bond acceptors (Lipinski definition) is 1. The highest BCUT2D eigenvalue weighted by Gasteiger charge is 1.97. The lowest BCUT2D eigenvalue weighted by atomic mass is 10.1. The van der Waals surface area contributed by atoms with Crippen molar-refractivity contribution in [3.05, 3.63) is 65.2 Å². The average molecular weight is 226 g/mol. The highest BCUT2D eigenvalue weighted by Crippen LogP contribution is 2.15. The minimum absolute atomic E-state index is 0.634. The van der Waals surface area contributed by atoms with E-state index >= 15 is 0 Å². The van der Waals surface area contributed by atoms with Gasteiger partial charge in [0.2, 0.25) is 0 Å². The van der Waals surface area contributed by atoms with Crippen LogP contribution in [0.4, 0.5) is 0 Å². The second kappa shape index (κ2) is 5.53. The third-order valence-corrected chi connectivity index (χ3v) is 2.79. The molecule has 0 aliphatic heterocycles. The molecule has 0 heterocycles. The van der Waals surface area contributed by atoms with Gasteiger partial charge in [-0.1, -0.05) is 48.9 Å².